The van der Waals surface area contributed by atoms with Gasteiger partial charge < -0.3 is 10.1 Å². The zero-order valence-electron chi connectivity index (χ0n) is 6.66. The molecule has 1 aromatic heterocycles. The number of H-pyrrole nitrogens is 1. The second-order valence-electron chi connectivity index (χ2n) is 1.69. The number of imidazole rings is 1. The number of carbonyl (C=O) groups is 1. The molecule has 0 atom stereocenters. The first kappa shape index (κ1) is 12.9. The van der Waals surface area contributed by atoms with Crippen molar-refractivity contribution in [1.82, 2.24) is 9.97 Å². The minimum absolute atomic E-state index is 0. The van der Waals surface area contributed by atoms with Crippen molar-refractivity contribution in [2.24, 2.45) is 0 Å². The Kier molecular flexibility index (Phi) is 8.71. The molecule has 0 radical (unpaired) electrons. The van der Waals surface area contributed by atoms with Crippen LogP contribution in [-0.2, 0) is 24.3 Å². The molecular formula is C6H10N2O2Zn. The average molecular weight is 208 g/mol. The first-order chi connectivity index (χ1) is 4.63. The van der Waals surface area contributed by atoms with Crippen molar-refractivity contribution in [3.8, 4) is 0 Å². The molecule has 1 heterocycles. The number of aromatic nitrogens is 2. The molecule has 0 saturated carbocycles. The van der Waals surface area contributed by atoms with Gasteiger partial charge in [-0.05, 0) is 6.92 Å². The molecule has 0 fully saturated rings. The van der Waals surface area contributed by atoms with Crippen LogP contribution < -0.4 is 0 Å². The molecule has 5 heteroatoms. The van der Waals surface area contributed by atoms with Crippen molar-refractivity contribution in [1.29, 1.82) is 0 Å². The molecule has 2 N–H and O–H groups in total. The van der Waals surface area contributed by atoms with E-state index in [2.05, 4.69) is 9.97 Å². The number of nitrogens with one attached hydrogen (secondary N) is 1. The molecule has 1 aromatic rings. The molecule has 0 spiro atoms. The second kappa shape index (κ2) is 7.41. The van der Waals surface area contributed by atoms with E-state index in [1.807, 2.05) is 6.92 Å². The van der Waals surface area contributed by atoms with Crippen molar-refractivity contribution >= 4 is 5.97 Å². The molecule has 0 unspecified atom stereocenters. The van der Waals surface area contributed by atoms with Gasteiger partial charge in [-0.2, -0.15) is 0 Å². The van der Waals surface area contributed by atoms with Gasteiger partial charge in [0.05, 0.1) is 0 Å². The summed E-state index contributed by atoms with van der Waals surface area (Å²) in [7, 11) is 0. The summed E-state index contributed by atoms with van der Waals surface area (Å²) in [6.07, 6.45) is 3.53. The summed E-state index contributed by atoms with van der Waals surface area (Å²) in [6.45, 7) is 3.00. The maximum atomic E-state index is 9.00. The molecule has 1 rings (SSSR count). The SMILES string of the molecule is CC(=O)O.Cc1ncc[nH]1.[Zn]. The first-order valence-electron chi connectivity index (χ1n) is 2.78. The van der Waals surface area contributed by atoms with Crippen molar-refractivity contribution < 1.29 is 29.4 Å². The maximum absolute atomic E-state index is 9.00. The Labute approximate surface area is 77.8 Å². The largest absolute Gasteiger partial charge is 0.481 e. The fourth-order valence-corrected chi connectivity index (χ4v) is 0.344. The third-order valence-corrected chi connectivity index (χ3v) is 0.635. The summed E-state index contributed by atoms with van der Waals surface area (Å²) < 4.78 is 0. The predicted molar refractivity (Wildman–Crippen MR) is 36.6 cm³/mol. The summed E-state index contributed by atoms with van der Waals surface area (Å²) in [5.74, 6) is 0.134. The van der Waals surface area contributed by atoms with Crippen molar-refractivity contribution in [2.45, 2.75) is 13.8 Å². The number of aryl methyl sites for hydroxylation is 1. The van der Waals surface area contributed by atoms with Crippen molar-refractivity contribution in [3.63, 3.8) is 0 Å². The number of aliphatic carboxylic acids is 1. The quantitative estimate of drug-likeness (QED) is 0.619. The third-order valence-electron chi connectivity index (χ3n) is 0.635. The van der Waals surface area contributed by atoms with Crippen LogP contribution in [0.5, 0.6) is 0 Å². The maximum Gasteiger partial charge on any atom is 0.300 e. The van der Waals surface area contributed by atoms with Gasteiger partial charge in [0, 0.05) is 38.8 Å². The summed E-state index contributed by atoms with van der Waals surface area (Å²) in [5, 5.41) is 7.42. The predicted octanol–water partition coefficient (Wildman–Crippen LogP) is 0.807. The smallest absolute Gasteiger partial charge is 0.300 e. The van der Waals surface area contributed by atoms with E-state index in [0.29, 0.717) is 0 Å². The van der Waals surface area contributed by atoms with Gasteiger partial charge in [-0.15, -0.1) is 0 Å². The third kappa shape index (κ3) is 12.5. The Bertz CT molecular complexity index is 182. The topological polar surface area (TPSA) is 66.0 Å². The van der Waals surface area contributed by atoms with Gasteiger partial charge >= 0.3 is 0 Å². The number of carboxylic acids is 1. The molecular weight excluding hydrogens is 197 g/mol. The summed E-state index contributed by atoms with van der Waals surface area (Å²) in [4.78, 5) is 15.8. The number of hydrogen-bond donors (Lipinski definition) is 2. The zero-order valence-corrected chi connectivity index (χ0v) is 9.63. The Morgan fingerprint density at radius 2 is 2.18 bits per heavy atom. The van der Waals surface area contributed by atoms with Crippen LogP contribution in [0.1, 0.15) is 12.7 Å². The van der Waals surface area contributed by atoms with Crippen molar-refractivity contribution in [2.75, 3.05) is 0 Å². The number of nitrogens with zero attached hydrogens (tertiary/aromatic N) is 1. The molecule has 0 saturated heterocycles. The number of aromatic amines is 1. The van der Waals surface area contributed by atoms with Crippen molar-refractivity contribution in [3.05, 3.63) is 18.2 Å². The fraction of sp³-hybridized carbons (Fsp3) is 0.333. The normalized spacial score (nSPS) is 7.09. The van der Waals surface area contributed by atoms with Gasteiger partial charge in [0.25, 0.3) is 5.97 Å². The number of rotatable bonds is 0. The monoisotopic (exact) mass is 206 g/mol. The van der Waals surface area contributed by atoms with Crippen LogP contribution in [0.3, 0.4) is 0 Å². The molecule has 0 aromatic carbocycles. The number of carboxylic acid groups (broad SMARTS) is 1. The van der Waals surface area contributed by atoms with E-state index in [-0.39, 0.29) is 19.5 Å². The molecule has 0 bridgehead atoms. The van der Waals surface area contributed by atoms with Gasteiger partial charge in [-0.3, -0.25) is 4.79 Å². The summed E-state index contributed by atoms with van der Waals surface area (Å²) >= 11 is 0. The molecule has 0 amide bonds. The summed E-state index contributed by atoms with van der Waals surface area (Å²) in [6, 6.07) is 0. The van der Waals surface area contributed by atoms with E-state index in [1.54, 1.807) is 12.4 Å². The molecule has 0 aliphatic rings. The van der Waals surface area contributed by atoms with Gasteiger partial charge in [0.2, 0.25) is 0 Å². The molecule has 0 aliphatic carbocycles. The Morgan fingerprint density at radius 3 is 2.27 bits per heavy atom. The van der Waals surface area contributed by atoms with E-state index in [9.17, 15) is 0 Å². The Balaban J connectivity index is 0. The minimum Gasteiger partial charge on any atom is -0.481 e. The van der Waals surface area contributed by atoms with E-state index in [0.717, 1.165) is 12.7 Å². The van der Waals surface area contributed by atoms with Crippen LogP contribution in [0.2, 0.25) is 0 Å². The van der Waals surface area contributed by atoms with Gasteiger partial charge in [0.15, 0.2) is 0 Å². The Morgan fingerprint density at radius 1 is 1.73 bits per heavy atom. The molecule has 58 valence electrons. The van der Waals surface area contributed by atoms with Gasteiger partial charge in [-0.1, -0.05) is 0 Å². The van der Waals surface area contributed by atoms with E-state index in [1.165, 1.54) is 0 Å². The second-order valence-corrected chi connectivity index (χ2v) is 1.69. The van der Waals surface area contributed by atoms with Crippen LogP contribution in [0.4, 0.5) is 0 Å². The van der Waals surface area contributed by atoms with Crippen LogP contribution >= 0.6 is 0 Å². The van der Waals surface area contributed by atoms with Crippen LogP contribution in [0.15, 0.2) is 12.4 Å². The average Bonchev–Trinajstić information content (AvgIpc) is 2.15. The van der Waals surface area contributed by atoms with Crippen LogP contribution in [-0.4, -0.2) is 21.0 Å². The standard InChI is InChI=1S/C4H6N2.C2H4O2.Zn/c1-4-5-2-3-6-4;1-2(3)4;/h2-3H,1H3,(H,5,6);1H3,(H,3,4);. The first-order valence-corrected chi connectivity index (χ1v) is 2.78. The Hall–Kier alpha value is -0.697. The zero-order chi connectivity index (χ0) is 7.98. The molecule has 0 aliphatic heterocycles. The van der Waals surface area contributed by atoms with Crippen LogP contribution in [0, 0.1) is 6.92 Å². The van der Waals surface area contributed by atoms with E-state index >= 15 is 0 Å². The number of hydrogen-bond acceptors (Lipinski definition) is 2. The van der Waals surface area contributed by atoms with E-state index in [4.69, 9.17) is 9.90 Å². The van der Waals surface area contributed by atoms with Gasteiger partial charge in [-0.25, -0.2) is 4.98 Å². The van der Waals surface area contributed by atoms with Gasteiger partial charge in [0.1, 0.15) is 5.82 Å². The summed E-state index contributed by atoms with van der Waals surface area (Å²) in [5.41, 5.74) is 0. The van der Waals surface area contributed by atoms with E-state index < -0.39 is 5.97 Å². The fourth-order valence-electron chi connectivity index (χ4n) is 0.344. The molecule has 4 nitrogen and oxygen atoms in total. The van der Waals surface area contributed by atoms with Crippen LogP contribution in [0.25, 0.3) is 0 Å². The minimum atomic E-state index is -0.833. The molecule has 11 heavy (non-hydrogen) atoms.